The highest BCUT2D eigenvalue weighted by atomic mass is 19.3. The summed E-state index contributed by atoms with van der Waals surface area (Å²) in [6.45, 7) is 0.879. The first-order chi connectivity index (χ1) is 17.8. The van der Waals surface area contributed by atoms with Crippen molar-refractivity contribution in [2.45, 2.75) is 45.2 Å². The number of aryl methyl sites for hydroxylation is 1. The highest BCUT2D eigenvalue weighted by molar-refractivity contribution is 5.88. The molecule has 1 N–H and O–H groups in total. The van der Waals surface area contributed by atoms with E-state index >= 15 is 0 Å². The first kappa shape index (κ1) is 20.5. The van der Waals surface area contributed by atoms with Gasteiger partial charge in [-0.25, -0.2) is 4.68 Å². The van der Waals surface area contributed by atoms with Crippen molar-refractivity contribution in [2.24, 2.45) is 17.8 Å². The Morgan fingerprint density at radius 1 is 1.11 bits per heavy atom. The molecule has 186 valence electrons. The zero-order chi connectivity index (χ0) is 25.7. The first-order valence-electron chi connectivity index (χ1n) is 13.5. The smallest absolute Gasteiger partial charge is 0.333 e. The zero-order valence-electron chi connectivity index (χ0n) is 21.8. The van der Waals surface area contributed by atoms with E-state index in [1.165, 1.54) is 6.20 Å². The van der Waals surface area contributed by atoms with Crippen LogP contribution in [-0.4, -0.2) is 63.7 Å². The van der Waals surface area contributed by atoms with Crippen LogP contribution in [0.5, 0.6) is 0 Å². The quantitative estimate of drug-likeness (QED) is 0.545. The molecule has 2 saturated heterocycles. The third kappa shape index (κ3) is 4.63. The lowest BCUT2D eigenvalue weighted by Crippen LogP contribution is -2.32. The second kappa shape index (κ2) is 9.43. The van der Waals surface area contributed by atoms with Crippen molar-refractivity contribution in [1.29, 1.82) is 0 Å². The molecule has 3 aliphatic rings. The highest BCUT2D eigenvalue weighted by Gasteiger charge is 2.41. The Hall–Kier alpha value is -2.65. The Morgan fingerprint density at radius 3 is 2.57 bits per heavy atom. The summed E-state index contributed by atoms with van der Waals surface area (Å²) in [5, 5.41) is 16.9. The van der Waals surface area contributed by atoms with Gasteiger partial charge in [-0.2, -0.15) is 13.9 Å². The van der Waals surface area contributed by atoms with Gasteiger partial charge in [-0.1, -0.05) is 6.07 Å². The number of fused-ring (bicyclic) bond motifs is 2. The molecule has 9 heteroatoms. The van der Waals surface area contributed by atoms with E-state index in [9.17, 15) is 8.78 Å². The number of alkyl halides is 2. The maximum absolute atomic E-state index is 13.0. The molecule has 4 heterocycles. The van der Waals surface area contributed by atoms with Crippen LogP contribution in [0.15, 0.2) is 30.5 Å². The molecule has 0 radical (unpaired) electrons. The predicted molar refractivity (Wildman–Crippen MR) is 130 cm³/mol. The molecule has 1 unspecified atom stereocenters. The Balaban J connectivity index is 1.08. The van der Waals surface area contributed by atoms with Gasteiger partial charge in [-0.15, -0.1) is 10.2 Å². The number of rotatable bonds is 6. The van der Waals surface area contributed by atoms with Gasteiger partial charge in [0.25, 0.3) is 0 Å². The first-order valence-corrected chi connectivity index (χ1v) is 12.5. The van der Waals surface area contributed by atoms with Crippen LogP contribution in [0.1, 0.15) is 40.5 Å². The maximum Gasteiger partial charge on any atom is 0.333 e. The minimum atomic E-state index is -2.67. The molecule has 6 rings (SSSR count). The summed E-state index contributed by atoms with van der Waals surface area (Å²) in [5.74, 6) is 1.74. The molecule has 1 aliphatic carbocycles. The third-order valence-corrected chi connectivity index (χ3v) is 7.81. The van der Waals surface area contributed by atoms with Crippen molar-refractivity contribution < 1.29 is 16.3 Å². The van der Waals surface area contributed by atoms with Gasteiger partial charge in [0.05, 0.1) is 11.2 Å². The fourth-order valence-corrected chi connectivity index (χ4v) is 6.00. The van der Waals surface area contributed by atoms with Crippen LogP contribution in [0.3, 0.4) is 0 Å². The van der Waals surface area contributed by atoms with Crippen molar-refractivity contribution in [1.82, 2.24) is 24.9 Å². The van der Waals surface area contributed by atoms with E-state index in [1.54, 1.807) is 6.07 Å². The Labute approximate surface area is 206 Å². The van der Waals surface area contributed by atoms with Crippen molar-refractivity contribution >= 4 is 16.7 Å². The number of aromatic nitrogens is 4. The molecule has 0 amide bonds. The number of nitrogens with one attached hydrogen (secondary N) is 1. The highest BCUT2D eigenvalue weighted by Crippen LogP contribution is 2.40. The fourth-order valence-electron chi connectivity index (χ4n) is 6.00. The molecule has 3 atom stereocenters. The van der Waals surface area contributed by atoms with E-state index in [0.717, 1.165) is 49.9 Å². The molecule has 7 nitrogen and oxygen atoms in total. The number of benzene rings is 1. The molecule has 3 aromatic rings. The van der Waals surface area contributed by atoms with Crippen LogP contribution in [0.2, 0.25) is 0 Å². The van der Waals surface area contributed by atoms with Crippen molar-refractivity contribution in [3.8, 4) is 11.3 Å². The number of ether oxygens (including phenoxy) is 1. The van der Waals surface area contributed by atoms with Gasteiger partial charge in [-0.3, -0.25) is 0 Å². The standard InChI is InChI=1S/C26H32F2N6O/c1-16-21(2-3-24-22(16)15-34(32-24)26(27)28)23-4-5-25(31-30-23)29-20-10-18-13-33(14-19(18)11-20)12-17-6-8-35-9-7-17/h2-5,15,17-20,26H,6-14H2,1H3,(H,29,31)/t18-,19+,20?/i12D2. The molecule has 2 aliphatic heterocycles. The molecule has 2 aromatic heterocycles. The zero-order valence-corrected chi connectivity index (χ0v) is 19.8. The van der Waals surface area contributed by atoms with E-state index in [4.69, 9.17) is 7.48 Å². The molecular formula is C26H32F2N6O. The van der Waals surface area contributed by atoms with E-state index in [0.29, 0.717) is 58.2 Å². The van der Waals surface area contributed by atoms with Crippen LogP contribution < -0.4 is 5.32 Å². The van der Waals surface area contributed by atoms with Gasteiger partial charge in [0.2, 0.25) is 0 Å². The second-order valence-corrected chi connectivity index (χ2v) is 10.1. The van der Waals surface area contributed by atoms with E-state index < -0.39 is 13.0 Å². The average molecular weight is 485 g/mol. The summed E-state index contributed by atoms with van der Waals surface area (Å²) >= 11 is 0. The van der Waals surface area contributed by atoms with Crippen LogP contribution in [0.4, 0.5) is 14.6 Å². The van der Waals surface area contributed by atoms with Gasteiger partial charge >= 0.3 is 6.55 Å². The van der Waals surface area contributed by atoms with Gasteiger partial charge < -0.3 is 15.0 Å². The predicted octanol–water partition coefficient (Wildman–Crippen LogP) is 4.75. The minimum absolute atomic E-state index is 0.0487. The topological polar surface area (TPSA) is 68.1 Å². The molecule has 0 bridgehead atoms. The SMILES string of the molecule is [2H]C([2H])(C1CCOCC1)N1C[C@H]2CC(Nc3ccc(-c4ccc5nn(C(F)F)cc5c4C)nn3)C[C@H]2C1. The summed E-state index contributed by atoms with van der Waals surface area (Å²) in [5.41, 5.74) is 2.89. The lowest BCUT2D eigenvalue weighted by Gasteiger charge is -2.27. The Morgan fingerprint density at radius 2 is 1.89 bits per heavy atom. The largest absolute Gasteiger partial charge is 0.381 e. The Bertz CT molecular complexity index is 1250. The van der Waals surface area contributed by atoms with E-state index in [1.807, 2.05) is 25.1 Å². The molecule has 1 saturated carbocycles. The fraction of sp³-hybridized carbons (Fsp3) is 0.577. The molecular weight excluding hydrogens is 450 g/mol. The van der Waals surface area contributed by atoms with Gasteiger partial charge in [0, 0.05) is 58.7 Å². The number of anilines is 1. The monoisotopic (exact) mass is 484 g/mol. The number of halogens is 2. The molecule has 35 heavy (non-hydrogen) atoms. The van der Waals surface area contributed by atoms with E-state index in [-0.39, 0.29) is 5.92 Å². The molecule has 0 spiro atoms. The van der Waals surface area contributed by atoms with E-state index in [2.05, 4.69) is 25.5 Å². The summed E-state index contributed by atoms with van der Waals surface area (Å²) in [6, 6.07) is 7.69. The molecule has 3 fully saturated rings. The summed E-state index contributed by atoms with van der Waals surface area (Å²) in [7, 11) is 0. The lowest BCUT2D eigenvalue weighted by atomic mass is 10.00. The number of hydrogen-bond donors (Lipinski definition) is 1. The van der Waals surface area contributed by atoms with Crippen molar-refractivity contribution in [3.05, 3.63) is 36.0 Å². The van der Waals surface area contributed by atoms with Crippen LogP contribution in [0, 0.1) is 24.7 Å². The number of likely N-dealkylation sites (tertiary alicyclic amines) is 1. The summed E-state index contributed by atoms with van der Waals surface area (Å²) in [4.78, 5) is 2.08. The average Bonchev–Trinajstić information content (AvgIpc) is 3.59. The maximum atomic E-state index is 13.0. The third-order valence-electron chi connectivity index (χ3n) is 7.81. The van der Waals surface area contributed by atoms with Gasteiger partial charge in [0.15, 0.2) is 0 Å². The van der Waals surface area contributed by atoms with Crippen LogP contribution in [0.25, 0.3) is 22.2 Å². The number of hydrogen-bond acceptors (Lipinski definition) is 6. The summed E-state index contributed by atoms with van der Waals surface area (Å²) < 4.78 is 49.7. The second-order valence-electron chi connectivity index (χ2n) is 10.1. The normalized spacial score (nSPS) is 26.8. The van der Waals surface area contributed by atoms with Gasteiger partial charge in [0.1, 0.15) is 5.82 Å². The number of nitrogens with zero attached hydrogens (tertiary/aromatic N) is 5. The van der Waals surface area contributed by atoms with Crippen LogP contribution in [-0.2, 0) is 4.74 Å². The minimum Gasteiger partial charge on any atom is -0.381 e. The van der Waals surface area contributed by atoms with Crippen molar-refractivity contribution in [2.75, 3.05) is 38.1 Å². The van der Waals surface area contributed by atoms with Crippen LogP contribution >= 0.6 is 0 Å². The molecule has 1 aromatic carbocycles. The summed E-state index contributed by atoms with van der Waals surface area (Å²) in [6.07, 6.45) is 4.96. The lowest BCUT2D eigenvalue weighted by molar-refractivity contribution is 0.0545. The van der Waals surface area contributed by atoms with Gasteiger partial charge in [-0.05, 0) is 74.1 Å². The Kier molecular flexibility index (Phi) is 5.53. The van der Waals surface area contributed by atoms with Crippen molar-refractivity contribution in [3.63, 3.8) is 0 Å².